The zero-order valence-corrected chi connectivity index (χ0v) is 18.8. The van der Waals surface area contributed by atoms with Gasteiger partial charge >= 0.3 is 0 Å². The Bertz CT molecular complexity index is 870. The van der Waals surface area contributed by atoms with Gasteiger partial charge in [0.2, 0.25) is 15.9 Å². The standard InChI is InChI=1S/C22H33N3O3S/c1-16(21(26)23-11-5-6-12-23)24-14-19-13-18(24)15-25(19)29(27,28)20-9-7-17(8-10-20)22(2,3)4/h7-10,16,18-19H,5-6,11-15H2,1-4H3/t16?,18-,19-/m0/s1. The number of fused-ring (bicyclic) bond motifs is 2. The maximum Gasteiger partial charge on any atom is 0.243 e. The minimum absolute atomic E-state index is 0.00643. The zero-order valence-electron chi connectivity index (χ0n) is 18.0. The van der Waals surface area contributed by atoms with E-state index in [1.165, 1.54) is 0 Å². The van der Waals surface area contributed by atoms with Crippen LogP contribution in [0, 0.1) is 0 Å². The SMILES string of the molecule is CC(C(=O)N1CCCC1)N1C[C@@H]2C[C@H]1CN2S(=O)(=O)c1ccc(C(C)(C)C)cc1. The fraction of sp³-hybridized carbons (Fsp3) is 0.682. The molecule has 3 atom stereocenters. The minimum atomic E-state index is -3.51. The first-order valence-corrected chi connectivity index (χ1v) is 12.2. The Morgan fingerprint density at radius 1 is 1.03 bits per heavy atom. The quantitative estimate of drug-likeness (QED) is 0.752. The molecule has 1 amide bonds. The van der Waals surface area contributed by atoms with Crippen LogP contribution in [0.4, 0.5) is 0 Å². The Kier molecular flexibility index (Phi) is 5.28. The first-order valence-electron chi connectivity index (χ1n) is 10.8. The molecule has 1 aromatic rings. The van der Waals surface area contributed by atoms with E-state index in [0.717, 1.165) is 37.9 Å². The number of likely N-dealkylation sites (tertiary alicyclic amines) is 2. The van der Waals surface area contributed by atoms with Gasteiger partial charge in [-0.2, -0.15) is 4.31 Å². The van der Waals surface area contributed by atoms with Gasteiger partial charge in [0.1, 0.15) is 0 Å². The van der Waals surface area contributed by atoms with Gasteiger partial charge in [-0.25, -0.2) is 8.42 Å². The molecule has 7 heteroatoms. The van der Waals surface area contributed by atoms with Gasteiger partial charge in [0.15, 0.2) is 0 Å². The van der Waals surface area contributed by atoms with Crippen molar-refractivity contribution in [3.05, 3.63) is 29.8 Å². The summed E-state index contributed by atoms with van der Waals surface area (Å²) in [6, 6.07) is 7.23. The lowest BCUT2D eigenvalue weighted by molar-refractivity contribution is -0.136. The third-order valence-electron chi connectivity index (χ3n) is 6.83. The van der Waals surface area contributed by atoms with Crippen LogP contribution in [0.2, 0.25) is 0 Å². The smallest absolute Gasteiger partial charge is 0.243 e. The number of piperazine rings is 1. The predicted molar refractivity (Wildman–Crippen MR) is 113 cm³/mol. The summed E-state index contributed by atoms with van der Waals surface area (Å²) in [6.07, 6.45) is 2.99. The number of benzene rings is 1. The van der Waals surface area contributed by atoms with Crippen molar-refractivity contribution in [1.29, 1.82) is 0 Å². The lowest BCUT2D eigenvalue weighted by atomic mass is 9.87. The van der Waals surface area contributed by atoms with E-state index in [2.05, 4.69) is 25.7 Å². The predicted octanol–water partition coefficient (Wildman–Crippen LogP) is 2.44. The monoisotopic (exact) mass is 419 g/mol. The van der Waals surface area contributed by atoms with Crippen LogP contribution >= 0.6 is 0 Å². The molecule has 0 N–H and O–H groups in total. The summed E-state index contributed by atoms with van der Waals surface area (Å²) in [7, 11) is -3.51. The summed E-state index contributed by atoms with van der Waals surface area (Å²) < 4.78 is 28.1. The molecule has 3 heterocycles. The van der Waals surface area contributed by atoms with E-state index in [9.17, 15) is 13.2 Å². The Morgan fingerprint density at radius 2 is 1.66 bits per heavy atom. The van der Waals surface area contributed by atoms with Crippen molar-refractivity contribution in [3.63, 3.8) is 0 Å². The van der Waals surface area contributed by atoms with Crippen LogP contribution in [0.5, 0.6) is 0 Å². The van der Waals surface area contributed by atoms with Crippen LogP contribution in [-0.2, 0) is 20.2 Å². The van der Waals surface area contributed by atoms with Crippen molar-refractivity contribution in [2.45, 2.75) is 75.4 Å². The molecule has 0 spiro atoms. The third-order valence-corrected chi connectivity index (χ3v) is 8.76. The van der Waals surface area contributed by atoms with E-state index in [-0.39, 0.29) is 29.4 Å². The number of rotatable bonds is 4. The molecular weight excluding hydrogens is 386 g/mol. The molecule has 0 saturated carbocycles. The van der Waals surface area contributed by atoms with Crippen LogP contribution in [0.25, 0.3) is 0 Å². The topological polar surface area (TPSA) is 60.9 Å². The molecule has 3 aliphatic rings. The Morgan fingerprint density at radius 3 is 2.17 bits per heavy atom. The van der Waals surface area contributed by atoms with Crippen LogP contribution in [0.15, 0.2) is 29.2 Å². The molecule has 6 nitrogen and oxygen atoms in total. The van der Waals surface area contributed by atoms with E-state index in [1.54, 1.807) is 16.4 Å². The molecule has 29 heavy (non-hydrogen) atoms. The van der Waals surface area contributed by atoms with Gasteiger partial charge in [0, 0.05) is 38.3 Å². The third kappa shape index (κ3) is 3.73. The largest absolute Gasteiger partial charge is 0.341 e. The number of hydrogen-bond acceptors (Lipinski definition) is 4. The second kappa shape index (κ2) is 7.36. The van der Waals surface area contributed by atoms with E-state index in [0.29, 0.717) is 18.0 Å². The molecular formula is C22H33N3O3S. The molecule has 0 aromatic heterocycles. The van der Waals surface area contributed by atoms with Gasteiger partial charge in [0.25, 0.3) is 0 Å². The van der Waals surface area contributed by atoms with Gasteiger partial charge in [-0.05, 0) is 49.3 Å². The maximum absolute atomic E-state index is 13.2. The van der Waals surface area contributed by atoms with Crippen molar-refractivity contribution in [1.82, 2.24) is 14.1 Å². The second-order valence-electron chi connectivity index (χ2n) is 9.80. The number of amides is 1. The average Bonchev–Trinajstić information content (AvgIpc) is 3.42. The lowest BCUT2D eigenvalue weighted by Gasteiger charge is -2.37. The molecule has 0 radical (unpaired) electrons. The van der Waals surface area contributed by atoms with Crippen molar-refractivity contribution in [2.24, 2.45) is 0 Å². The first kappa shape index (κ1) is 20.8. The molecule has 0 aliphatic carbocycles. The fourth-order valence-electron chi connectivity index (χ4n) is 5.04. The molecule has 1 unspecified atom stereocenters. The summed E-state index contributed by atoms with van der Waals surface area (Å²) in [4.78, 5) is 17.3. The van der Waals surface area contributed by atoms with Crippen molar-refractivity contribution >= 4 is 15.9 Å². The zero-order chi connectivity index (χ0) is 21.0. The maximum atomic E-state index is 13.2. The molecule has 3 saturated heterocycles. The van der Waals surface area contributed by atoms with Crippen LogP contribution in [-0.4, -0.2) is 72.7 Å². The number of sulfonamides is 1. The number of hydrogen-bond donors (Lipinski definition) is 0. The Balaban J connectivity index is 1.45. The van der Waals surface area contributed by atoms with Gasteiger partial charge < -0.3 is 4.90 Å². The van der Waals surface area contributed by atoms with Gasteiger partial charge in [-0.3, -0.25) is 9.69 Å². The molecule has 1 aromatic carbocycles. The first-order chi connectivity index (χ1) is 13.6. The normalized spacial score (nSPS) is 27.0. The Hall–Kier alpha value is -1.44. The summed E-state index contributed by atoms with van der Waals surface area (Å²) in [5, 5.41) is 0. The lowest BCUT2D eigenvalue weighted by Crippen LogP contribution is -2.55. The van der Waals surface area contributed by atoms with Crippen molar-refractivity contribution < 1.29 is 13.2 Å². The van der Waals surface area contributed by atoms with Crippen molar-refractivity contribution in [2.75, 3.05) is 26.2 Å². The average molecular weight is 420 g/mol. The van der Waals surface area contributed by atoms with Crippen LogP contribution in [0.3, 0.4) is 0 Å². The van der Waals surface area contributed by atoms with Crippen molar-refractivity contribution in [3.8, 4) is 0 Å². The van der Waals surface area contributed by atoms with E-state index < -0.39 is 10.0 Å². The van der Waals surface area contributed by atoms with E-state index in [4.69, 9.17) is 0 Å². The van der Waals surface area contributed by atoms with Gasteiger partial charge in [-0.15, -0.1) is 0 Å². The van der Waals surface area contributed by atoms with Crippen LogP contribution < -0.4 is 0 Å². The Labute approximate surface area is 174 Å². The highest BCUT2D eigenvalue weighted by Crippen LogP contribution is 2.37. The molecule has 3 fully saturated rings. The highest BCUT2D eigenvalue weighted by atomic mass is 32.2. The molecule has 160 valence electrons. The highest BCUT2D eigenvalue weighted by Gasteiger charge is 2.50. The molecule has 4 rings (SSSR count). The summed E-state index contributed by atoms with van der Waals surface area (Å²) in [5.74, 6) is 0.197. The number of nitrogens with zero attached hydrogens (tertiary/aromatic N) is 3. The summed E-state index contributed by atoms with van der Waals surface area (Å²) in [5.41, 5.74) is 1.12. The number of carbonyl (C=O) groups excluding carboxylic acids is 1. The van der Waals surface area contributed by atoms with Gasteiger partial charge in [0.05, 0.1) is 10.9 Å². The summed E-state index contributed by atoms with van der Waals surface area (Å²) in [6.45, 7) is 11.2. The number of carbonyl (C=O) groups is 1. The van der Waals surface area contributed by atoms with E-state index in [1.807, 2.05) is 24.0 Å². The fourth-order valence-corrected chi connectivity index (χ4v) is 6.70. The molecule has 3 aliphatic heterocycles. The highest BCUT2D eigenvalue weighted by molar-refractivity contribution is 7.89. The van der Waals surface area contributed by atoms with E-state index >= 15 is 0 Å². The second-order valence-corrected chi connectivity index (χ2v) is 11.7. The van der Waals surface area contributed by atoms with Gasteiger partial charge in [-0.1, -0.05) is 32.9 Å². The van der Waals surface area contributed by atoms with Crippen LogP contribution in [0.1, 0.15) is 52.5 Å². The molecule has 2 bridgehead atoms. The minimum Gasteiger partial charge on any atom is -0.341 e. The summed E-state index contributed by atoms with van der Waals surface area (Å²) >= 11 is 0.